The van der Waals surface area contributed by atoms with Gasteiger partial charge in [0.2, 0.25) is 11.8 Å². The summed E-state index contributed by atoms with van der Waals surface area (Å²) >= 11 is 0. The van der Waals surface area contributed by atoms with Gasteiger partial charge in [-0.1, -0.05) is 13.8 Å². The van der Waals surface area contributed by atoms with Gasteiger partial charge in [-0.15, -0.1) is 0 Å². The highest BCUT2D eigenvalue weighted by Crippen LogP contribution is 2.39. The number of anilines is 1. The van der Waals surface area contributed by atoms with E-state index < -0.39 is 11.4 Å². The first-order chi connectivity index (χ1) is 16.1. The van der Waals surface area contributed by atoms with Crippen molar-refractivity contribution in [3.05, 3.63) is 29.7 Å². The van der Waals surface area contributed by atoms with Gasteiger partial charge in [-0.3, -0.25) is 14.4 Å². The number of fused-ring (bicyclic) bond motifs is 3. The van der Waals surface area contributed by atoms with Crippen LogP contribution in [0.4, 0.5) is 10.1 Å². The number of benzene rings is 1. The van der Waals surface area contributed by atoms with Gasteiger partial charge in [0.15, 0.2) is 0 Å². The Labute approximate surface area is 199 Å². The normalized spacial score (nSPS) is 17.9. The molecule has 3 amide bonds. The molecule has 0 aliphatic carbocycles. The van der Waals surface area contributed by atoms with E-state index in [1.54, 1.807) is 22.5 Å². The molecule has 2 aromatic rings. The predicted molar refractivity (Wildman–Crippen MR) is 129 cm³/mol. The standard InChI is InChI=1S/C25H35FN4O4/c1-6-34-13-7-12-30-23(32)22-21(28-17(4)31)19-14-18(26)8-9-20(19)29(22)15-25(30,5)24(33)27-11-10-16(2)3/h8-9,14,16H,6-7,10-13,15H2,1-5H3,(H,27,33)(H,28,31). The van der Waals surface area contributed by atoms with Crippen molar-refractivity contribution in [2.45, 2.75) is 59.5 Å². The third-order valence-corrected chi connectivity index (χ3v) is 6.21. The molecular formula is C25H35FN4O4. The van der Waals surface area contributed by atoms with Crippen LogP contribution >= 0.6 is 0 Å². The molecule has 0 spiro atoms. The molecule has 0 fully saturated rings. The van der Waals surface area contributed by atoms with E-state index in [9.17, 15) is 18.8 Å². The molecule has 1 aromatic carbocycles. The summed E-state index contributed by atoms with van der Waals surface area (Å²) in [4.78, 5) is 40.8. The first-order valence-electron chi connectivity index (χ1n) is 11.9. The summed E-state index contributed by atoms with van der Waals surface area (Å²) in [7, 11) is 0. The Hall–Kier alpha value is -2.94. The fourth-order valence-electron chi connectivity index (χ4n) is 4.44. The summed E-state index contributed by atoms with van der Waals surface area (Å²) in [5, 5.41) is 6.14. The van der Waals surface area contributed by atoms with Crippen LogP contribution in [0.15, 0.2) is 18.2 Å². The zero-order valence-corrected chi connectivity index (χ0v) is 20.7. The van der Waals surface area contributed by atoms with Gasteiger partial charge in [0.25, 0.3) is 5.91 Å². The highest BCUT2D eigenvalue weighted by atomic mass is 19.1. The van der Waals surface area contributed by atoms with Gasteiger partial charge in [0.1, 0.15) is 17.1 Å². The Balaban J connectivity index is 2.09. The number of carbonyl (C=O) groups is 3. The number of carbonyl (C=O) groups excluding carboxylic acids is 3. The molecule has 8 nitrogen and oxygen atoms in total. The van der Waals surface area contributed by atoms with Gasteiger partial charge in [-0.05, 0) is 50.8 Å². The number of amides is 3. The predicted octanol–water partition coefficient (Wildman–Crippen LogP) is 3.54. The van der Waals surface area contributed by atoms with Crippen molar-refractivity contribution in [2.24, 2.45) is 5.92 Å². The van der Waals surface area contributed by atoms with Crippen molar-refractivity contribution in [3.8, 4) is 0 Å². The van der Waals surface area contributed by atoms with E-state index in [2.05, 4.69) is 24.5 Å². The third-order valence-electron chi connectivity index (χ3n) is 6.21. The molecule has 1 aliphatic heterocycles. The fraction of sp³-hybridized carbons (Fsp3) is 0.560. The van der Waals surface area contributed by atoms with Crippen molar-refractivity contribution in [2.75, 3.05) is 31.6 Å². The average molecular weight is 475 g/mol. The topological polar surface area (TPSA) is 92.7 Å². The zero-order chi connectivity index (χ0) is 25.0. The molecule has 0 saturated carbocycles. The maximum absolute atomic E-state index is 14.1. The maximum Gasteiger partial charge on any atom is 0.273 e. The quantitative estimate of drug-likeness (QED) is 0.515. The van der Waals surface area contributed by atoms with E-state index in [-0.39, 0.29) is 35.6 Å². The summed E-state index contributed by atoms with van der Waals surface area (Å²) in [5.74, 6) is -1.04. The molecule has 2 heterocycles. The molecule has 1 aromatic heterocycles. The van der Waals surface area contributed by atoms with Crippen LogP contribution in [0.2, 0.25) is 0 Å². The van der Waals surface area contributed by atoms with Crippen molar-refractivity contribution in [1.82, 2.24) is 14.8 Å². The fourth-order valence-corrected chi connectivity index (χ4v) is 4.44. The monoisotopic (exact) mass is 474 g/mol. The van der Waals surface area contributed by atoms with Gasteiger partial charge < -0.3 is 24.8 Å². The van der Waals surface area contributed by atoms with Crippen LogP contribution in [-0.4, -0.2) is 59.0 Å². The number of nitrogens with one attached hydrogen (secondary N) is 2. The maximum atomic E-state index is 14.1. The van der Waals surface area contributed by atoms with Gasteiger partial charge in [-0.25, -0.2) is 4.39 Å². The number of aromatic nitrogens is 1. The summed E-state index contributed by atoms with van der Waals surface area (Å²) in [6.07, 6.45) is 1.38. The van der Waals surface area contributed by atoms with E-state index in [0.717, 1.165) is 6.42 Å². The van der Waals surface area contributed by atoms with Crippen molar-refractivity contribution in [3.63, 3.8) is 0 Å². The Bertz CT molecular complexity index is 1080. The van der Waals surface area contributed by atoms with E-state index in [1.165, 1.54) is 19.1 Å². The number of hydrogen-bond acceptors (Lipinski definition) is 4. The molecular weight excluding hydrogens is 439 g/mol. The number of nitrogens with zero attached hydrogens (tertiary/aromatic N) is 2. The summed E-state index contributed by atoms with van der Waals surface area (Å²) in [5.41, 5.74) is -0.0615. The first kappa shape index (κ1) is 25.7. The molecule has 1 atom stereocenters. The minimum Gasteiger partial charge on any atom is -0.382 e. The lowest BCUT2D eigenvalue weighted by Crippen LogP contribution is -2.64. The summed E-state index contributed by atoms with van der Waals surface area (Å²) < 4.78 is 21.3. The van der Waals surface area contributed by atoms with E-state index in [4.69, 9.17) is 4.74 Å². The first-order valence-corrected chi connectivity index (χ1v) is 11.9. The Morgan fingerprint density at radius 1 is 1.29 bits per heavy atom. The van der Waals surface area contributed by atoms with E-state index in [1.807, 2.05) is 6.92 Å². The SMILES string of the molecule is CCOCCCN1C(=O)c2c(NC(C)=O)c3cc(F)ccc3n2CC1(C)C(=O)NCCC(C)C. The van der Waals surface area contributed by atoms with Crippen LogP contribution in [0.5, 0.6) is 0 Å². The second kappa shape index (κ2) is 10.5. The molecule has 3 rings (SSSR count). The second-order valence-corrected chi connectivity index (χ2v) is 9.37. The smallest absolute Gasteiger partial charge is 0.273 e. The minimum absolute atomic E-state index is 0.179. The molecule has 0 bridgehead atoms. The van der Waals surface area contributed by atoms with E-state index >= 15 is 0 Å². The second-order valence-electron chi connectivity index (χ2n) is 9.37. The van der Waals surface area contributed by atoms with Crippen molar-refractivity contribution in [1.29, 1.82) is 0 Å². The lowest BCUT2D eigenvalue weighted by atomic mass is 9.94. The van der Waals surface area contributed by atoms with Crippen LogP contribution in [0.3, 0.4) is 0 Å². The van der Waals surface area contributed by atoms with Crippen molar-refractivity contribution >= 4 is 34.3 Å². The van der Waals surface area contributed by atoms with Gasteiger partial charge in [0, 0.05) is 38.6 Å². The molecule has 1 unspecified atom stereocenters. The summed E-state index contributed by atoms with van der Waals surface area (Å²) in [6.45, 7) is 11.2. The van der Waals surface area contributed by atoms with Gasteiger partial charge in [-0.2, -0.15) is 0 Å². The zero-order valence-electron chi connectivity index (χ0n) is 20.7. The minimum atomic E-state index is -1.17. The molecule has 9 heteroatoms. The molecule has 186 valence electrons. The van der Waals surface area contributed by atoms with Gasteiger partial charge >= 0.3 is 0 Å². The van der Waals surface area contributed by atoms with E-state index in [0.29, 0.717) is 49.5 Å². The lowest BCUT2D eigenvalue weighted by molar-refractivity contribution is -0.133. The molecule has 34 heavy (non-hydrogen) atoms. The Morgan fingerprint density at radius 2 is 2.03 bits per heavy atom. The molecule has 0 radical (unpaired) electrons. The van der Waals surface area contributed by atoms with Crippen LogP contribution in [0.1, 0.15) is 57.9 Å². The van der Waals surface area contributed by atoms with Crippen LogP contribution < -0.4 is 10.6 Å². The Morgan fingerprint density at radius 3 is 2.68 bits per heavy atom. The van der Waals surface area contributed by atoms with Crippen LogP contribution in [-0.2, 0) is 20.9 Å². The van der Waals surface area contributed by atoms with Crippen LogP contribution in [0.25, 0.3) is 10.9 Å². The van der Waals surface area contributed by atoms with Gasteiger partial charge in [0.05, 0.1) is 17.7 Å². The lowest BCUT2D eigenvalue weighted by Gasteiger charge is -2.44. The molecule has 1 aliphatic rings. The highest BCUT2D eigenvalue weighted by Gasteiger charge is 2.48. The third kappa shape index (κ3) is 5.09. The number of halogens is 1. The summed E-state index contributed by atoms with van der Waals surface area (Å²) in [6, 6.07) is 4.19. The Kier molecular flexibility index (Phi) is 7.97. The highest BCUT2D eigenvalue weighted by molar-refractivity contribution is 6.14. The van der Waals surface area contributed by atoms with Crippen molar-refractivity contribution < 1.29 is 23.5 Å². The number of rotatable bonds is 10. The molecule has 2 N–H and O–H groups in total. The largest absolute Gasteiger partial charge is 0.382 e. The van der Waals surface area contributed by atoms with Crippen LogP contribution in [0, 0.1) is 11.7 Å². The molecule has 0 saturated heterocycles. The number of hydrogen-bond donors (Lipinski definition) is 2. The average Bonchev–Trinajstić information content (AvgIpc) is 3.04. The number of ether oxygens (including phenoxy) is 1.